The second kappa shape index (κ2) is 16.1. The molecule has 2 aromatic carbocycles. The Hall–Kier alpha value is -4.33. The van der Waals surface area contributed by atoms with Gasteiger partial charge in [0.15, 0.2) is 9.93 Å². The molecule has 6 rings (SSSR count). The summed E-state index contributed by atoms with van der Waals surface area (Å²) >= 11 is 9.53. The molecule has 0 unspecified atom stereocenters. The maximum atomic E-state index is 12.2. The molecule has 0 atom stereocenters. The lowest BCUT2D eigenvalue weighted by atomic mass is 10.1. The van der Waals surface area contributed by atoms with Crippen molar-refractivity contribution < 1.29 is 8.83 Å². The minimum atomic E-state index is -0.490. The highest BCUT2D eigenvalue weighted by Crippen LogP contribution is 2.20. The van der Waals surface area contributed by atoms with E-state index in [0.29, 0.717) is 45.7 Å². The first-order valence-corrected chi connectivity index (χ1v) is 16.4. The topological polar surface area (TPSA) is 155 Å². The van der Waals surface area contributed by atoms with Crippen molar-refractivity contribution in [3.63, 3.8) is 0 Å². The van der Waals surface area contributed by atoms with E-state index >= 15 is 0 Å². The predicted octanol–water partition coefficient (Wildman–Crippen LogP) is 6.41. The molecule has 0 saturated carbocycles. The first-order valence-electron chi connectivity index (χ1n) is 13.8. The lowest BCUT2D eigenvalue weighted by molar-refractivity contribution is 0.541. The van der Waals surface area contributed by atoms with Crippen LogP contribution in [0.5, 0.6) is 0 Å². The van der Waals surface area contributed by atoms with Crippen molar-refractivity contribution in [2.75, 3.05) is 0 Å². The number of hydrogen-bond donors (Lipinski definition) is 3. The molecule has 45 heavy (non-hydrogen) atoms. The minimum Gasteiger partial charge on any atom is -0.405 e. The summed E-state index contributed by atoms with van der Waals surface area (Å²) in [5.41, 5.74) is 2.39. The van der Waals surface area contributed by atoms with E-state index in [1.54, 1.807) is 0 Å². The highest BCUT2D eigenvalue weighted by atomic mass is 79.9. The molecule has 0 spiro atoms. The Bertz CT molecular complexity index is 2190. The van der Waals surface area contributed by atoms with Gasteiger partial charge in [-0.15, -0.1) is 0 Å². The Labute approximate surface area is 274 Å². The minimum absolute atomic E-state index is 0.101. The summed E-state index contributed by atoms with van der Waals surface area (Å²) in [6, 6.07) is 22.8. The van der Waals surface area contributed by atoms with E-state index in [4.69, 9.17) is 21.1 Å². The number of alkyl halides is 1. The van der Waals surface area contributed by atoms with Gasteiger partial charge in [0.05, 0.1) is 0 Å². The number of aromatic nitrogens is 4. The fraction of sp³-hybridized carbons (Fsp3) is 0.188. The summed E-state index contributed by atoms with van der Waals surface area (Å²) in [6.07, 6.45) is 1.15. The third-order valence-corrected chi connectivity index (χ3v) is 8.17. The normalized spacial score (nSPS) is 10.6. The van der Waals surface area contributed by atoms with Crippen LogP contribution in [-0.4, -0.2) is 19.9 Å². The molecule has 0 aliphatic rings. The average molecular weight is 710 g/mol. The lowest BCUT2D eigenvalue weighted by Crippen LogP contribution is -2.14. The largest absolute Gasteiger partial charge is 0.405 e. The maximum Gasteiger partial charge on any atom is 0.337 e. The third-order valence-electron chi connectivity index (χ3n) is 6.38. The second-order valence-electron chi connectivity index (χ2n) is 9.45. The summed E-state index contributed by atoms with van der Waals surface area (Å²) < 4.78 is 10.1. The van der Waals surface area contributed by atoms with E-state index in [1.165, 1.54) is 29.5 Å². The van der Waals surface area contributed by atoms with E-state index in [1.807, 2.05) is 62.4 Å². The SMILES string of the molecule is BrCc1ccccc1.CCc1cc(=O)oc2[nH]c(=S)[nH]c(=O)c12.CCc1cc(=O)oc2nc(SCc3ccccc3)[nH]c(=O)c12. The number of nitrogens with one attached hydrogen (secondary N) is 3. The molecule has 4 aromatic heterocycles. The zero-order chi connectivity index (χ0) is 32.3. The molecular formula is C32H29BrN4O6S2. The number of H-pyrrole nitrogens is 3. The fourth-order valence-electron chi connectivity index (χ4n) is 4.23. The van der Waals surface area contributed by atoms with Gasteiger partial charge in [-0.25, -0.2) is 9.59 Å². The van der Waals surface area contributed by atoms with Crippen LogP contribution in [0.25, 0.3) is 22.2 Å². The van der Waals surface area contributed by atoms with E-state index in [0.717, 1.165) is 10.9 Å². The summed E-state index contributed by atoms with van der Waals surface area (Å²) in [6.45, 7) is 3.74. The van der Waals surface area contributed by atoms with Crippen molar-refractivity contribution in [3.05, 3.63) is 141 Å². The number of halogens is 1. The number of hydrogen-bond acceptors (Lipinski definition) is 9. The van der Waals surface area contributed by atoms with Gasteiger partial charge in [0, 0.05) is 23.2 Å². The molecule has 0 aliphatic heterocycles. The Kier molecular flexibility index (Phi) is 12.0. The van der Waals surface area contributed by atoms with Crippen LogP contribution in [0.15, 0.2) is 106 Å². The van der Waals surface area contributed by atoms with E-state index in [9.17, 15) is 19.2 Å². The number of benzene rings is 2. The third kappa shape index (κ3) is 9.10. The van der Waals surface area contributed by atoms with Gasteiger partial charge < -0.3 is 18.8 Å². The van der Waals surface area contributed by atoms with E-state index in [-0.39, 0.29) is 27.3 Å². The van der Waals surface area contributed by atoms with Gasteiger partial charge in [0.2, 0.25) is 11.4 Å². The molecule has 3 N–H and O–H groups in total. The van der Waals surface area contributed by atoms with Gasteiger partial charge >= 0.3 is 11.3 Å². The first kappa shape index (κ1) is 33.6. The second-order valence-corrected chi connectivity index (χ2v) is 11.4. The number of nitrogens with zero attached hydrogens (tertiary/aromatic N) is 1. The molecule has 4 heterocycles. The van der Waals surface area contributed by atoms with Crippen molar-refractivity contribution in [1.82, 2.24) is 19.9 Å². The van der Waals surface area contributed by atoms with Crippen LogP contribution in [0.1, 0.15) is 36.1 Å². The first-order chi connectivity index (χ1) is 21.7. The molecule has 0 fully saturated rings. The van der Waals surface area contributed by atoms with Crippen LogP contribution in [0.4, 0.5) is 0 Å². The molecule has 0 amide bonds. The molecule has 13 heteroatoms. The summed E-state index contributed by atoms with van der Waals surface area (Å²) in [5.74, 6) is 0.674. The van der Waals surface area contributed by atoms with Crippen LogP contribution in [0.3, 0.4) is 0 Å². The number of aryl methyl sites for hydroxylation is 2. The Morgan fingerprint density at radius 3 is 1.89 bits per heavy atom. The molecule has 0 aliphatic carbocycles. The molecule has 232 valence electrons. The van der Waals surface area contributed by atoms with Gasteiger partial charge in [-0.1, -0.05) is 102 Å². The molecule has 10 nitrogen and oxygen atoms in total. The highest BCUT2D eigenvalue weighted by molar-refractivity contribution is 9.08. The Morgan fingerprint density at radius 1 is 0.756 bits per heavy atom. The van der Waals surface area contributed by atoms with Crippen LogP contribution >= 0.6 is 39.9 Å². The van der Waals surface area contributed by atoms with Crippen molar-refractivity contribution in [1.29, 1.82) is 0 Å². The number of fused-ring (bicyclic) bond motifs is 2. The molecular weight excluding hydrogens is 680 g/mol. The van der Waals surface area contributed by atoms with Crippen molar-refractivity contribution in [2.24, 2.45) is 0 Å². The number of thioether (sulfide) groups is 1. The summed E-state index contributed by atoms with van der Waals surface area (Å²) in [7, 11) is 0. The van der Waals surface area contributed by atoms with E-state index in [2.05, 4.69) is 48.0 Å². The summed E-state index contributed by atoms with van der Waals surface area (Å²) in [4.78, 5) is 58.6. The van der Waals surface area contributed by atoms with Gasteiger partial charge in [-0.3, -0.25) is 14.6 Å². The number of rotatable bonds is 6. The van der Waals surface area contributed by atoms with Gasteiger partial charge in [-0.05, 0) is 47.3 Å². The smallest absolute Gasteiger partial charge is 0.337 e. The van der Waals surface area contributed by atoms with Crippen molar-refractivity contribution in [2.45, 2.75) is 42.9 Å². The van der Waals surface area contributed by atoms with Gasteiger partial charge in [0.1, 0.15) is 10.8 Å². The van der Waals surface area contributed by atoms with Crippen molar-refractivity contribution in [3.8, 4) is 0 Å². The molecule has 0 radical (unpaired) electrons. The summed E-state index contributed by atoms with van der Waals surface area (Å²) in [5, 5.41) is 2.10. The molecule has 0 bridgehead atoms. The predicted molar refractivity (Wildman–Crippen MR) is 183 cm³/mol. The quantitative estimate of drug-likeness (QED) is 0.0770. The average Bonchev–Trinajstić information content (AvgIpc) is 3.03. The van der Waals surface area contributed by atoms with Gasteiger partial charge in [-0.2, -0.15) is 4.98 Å². The van der Waals surface area contributed by atoms with Crippen LogP contribution in [-0.2, 0) is 23.9 Å². The Balaban J connectivity index is 0.000000172. The van der Waals surface area contributed by atoms with Crippen molar-refractivity contribution >= 4 is 62.1 Å². The monoisotopic (exact) mass is 708 g/mol. The zero-order valence-electron chi connectivity index (χ0n) is 24.3. The Morgan fingerprint density at radius 2 is 1.31 bits per heavy atom. The number of aromatic amines is 3. The highest BCUT2D eigenvalue weighted by Gasteiger charge is 2.12. The standard InChI is InChI=1S/C16H14N2O3S.C9H8N2O3S.C7H7Br/c1-2-11-8-12(19)21-15-13(11)14(20)17-16(18-15)22-9-10-6-4-3-5-7-10;1-2-4-3-5(12)14-8-6(4)7(13)10-9(15)11-8;8-6-7-4-2-1-3-5-7/h3-8H,2,9H2,1H3,(H,17,18,20);3H,2H2,1H3,(H2,10,11,13,15);1-5H,6H2. The van der Waals surface area contributed by atoms with E-state index < -0.39 is 11.3 Å². The fourth-order valence-corrected chi connectivity index (χ4v) is 5.59. The molecule has 0 saturated heterocycles. The van der Waals surface area contributed by atoms with Gasteiger partial charge in [0.25, 0.3) is 11.1 Å². The zero-order valence-corrected chi connectivity index (χ0v) is 27.6. The van der Waals surface area contributed by atoms with Crippen LogP contribution < -0.4 is 22.4 Å². The molecule has 6 aromatic rings. The van der Waals surface area contributed by atoms with Crippen LogP contribution in [0, 0.1) is 4.77 Å². The van der Waals surface area contributed by atoms with Crippen LogP contribution in [0.2, 0.25) is 0 Å². The lowest BCUT2D eigenvalue weighted by Gasteiger charge is -2.04. The maximum absolute atomic E-state index is 12.2.